The number of carbonyl (C=O) groups excluding carboxylic acids is 1. The topological polar surface area (TPSA) is 65.5 Å². The predicted molar refractivity (Wildman–Crippen MR) is 68.2 cm³/mol. The average molecular weight is 249 g/mol. The summed E-state index contributed by atoms with van der Waals surface area (Å²) in [6.45, 7) is 1.04. The van der Waals surface area contributed by atoms with Gasteiger partial charge in [0.25, 0.3) is 0 Å². The van der Waals surface area contributed by atoms with Crippen LogP contribution in [0.3, 0.4) is 0 Å². The zero-order valence-electron chi connectivity index (χ0n) is 10.4. The minimum absolute atomic E-state index is 0.0204. The van der Waals surface area contributed by atoms with Crippen molar-refractivity contribution in [2.24, 2.45) is 0 Å². The van der Waals surface area contributed by atoms with Gasteiger partial charge in [0, 0.05) is 31.5 Å². The molecule has 0 aromatic carbocycles. The molecule has 1 aliphatic carbocycles. The Labute approximate surface area is 107 Å². The van der Waals surface area contributed by atoms with E-state index in [0.717, 1.165) is 24.8 Å². The van der Waals surface area contributed by atoms with Crippen molar-refractivity contribution < 1.29 is 9.90 Å². The summed E-state index contributed by atoms with van der Waals surface area (Å²) in [4.78, 5) is 17.6. The lowest BCUT2D eigenvalue weighted by atomic mass is 10.2. The van der Waals surface area contributed by atoms with Crippen LogP contribution in [0.4, 0.5) is 4.79 Å². The highest BCUT2D eigenvalue weighted by atomic mass is 16.3. The maximum Gasteiger partial charge on any atom is 0.317 e. The minimum Gasteiger partial charge on any atom is -0.395 e. The maximum atomic E-state index is 11.9. The van der Waals surface area contributed by atoms with Crippen LogP contribution in [0.15, 0.2) is 24.5 Å². The standard InChI is InChI=1S/C13H19N3O2/c17-9-8-16(12-3-4-12)13(18)15-7-5-11-2-1-6-14-10-11/h1-2,6,10,12,17H,3-5,7-9H2,(H,15,18). The minimum atomic E-state index is -0.0737. The third kappa shape index (κ3) is 3.70. The summed E-state index contributed by atoms with van der Waals surface area (Å²) in [6, 6.07) is 4.14. The molecule has 1 saturated carbocycles. The summed E-state index contributed by atoms with van der Waals surface area (Å²) in [5, 5.41) is 11.8. The highest BCUT2D eigenvalue weighted by Crippen LogP contribution is 2.26. The first-order chi connectivity index (χ1) is 8.81. The molecular weight excluding hydrogens is 230 g/mol. The second kappa shape index (κ2) is 6.35. The molecule has 18 heavy (non-hydrogen) atoms. The number of carbonyl (C=O) groups is 1. The fourth-order valence-electron chi connectivity index (χ4n) is 1.91. The van der Waals surface area contributed by atoms with E-state index in [1.807, 2.05) is 12.1 Å². The number of urea groups is 1. The van der Waals surface area contributed by atoms with Gasteiger partial charge in [-0.15, -0.1) is 0 Å². The second-order valence-electron chi connectivity index (χ2n) is 4.49. The quantitative estimate of drug-likeness (QED) is 0.783. The molecule has 2 amide bonds. The molecule has 0 spiro atoms. The predicted octanol–water partition coefficient (Wildman–Crippen LogP) is 0.790. The molecular formula is C13H19N3O2. The van der Waals surface area contributed by atoms with Crippen LogP contribution >= 0.6 is 0 Å². The van der Waals surface area contributed by atoms with Gasteiger partial charge in [-0.05, 0) is 30.9 Å². The Morgan fingerprint density at radius 3 is 3.00 bits per heavy atom. The number of rotatable bonds is 6. The van der Waals surface area contributed by atoms with Crippen LogP contribution in [0.1, 0.15) is 18.4 Å². The lowest BCUT2D eigenvalue weighted by Gasteiger charge is -2.21. The van der Waals surface area contributed by atoms with Crippen LogP contribution in [0.2, 0.25) is 0 Å². The van der Waals surface area contributed by atoms with E-state index in [2.05, 4.69) is 10.3 Å². The Bertz CT molecular complexity index is 379. The number of hydrogen-bond donors (Lipinski definition) is 2. The van der Waals surface area contributed by atoms with Crippen LogP contribution in [-0.4, -0.2) is 46.8 Å². The molecule has 0 atom stereocenters. The molecule has 0 bridgehead atoms. The number of aromatic nitrogens is 1. The summed E-state index contributed by atoms with van der Waals surface area (Å²) < 4.78 is 0. The zero-order valence-corrected chi connectivity index (χ0v) is 10.4. The Hall–Kier alpha value is -1.62. The number of amides is 2. The normalized spacial score (nSPS) is 14.3. The first-order valence-electron chi connectivity index (χ1n) is 6.35. The molecule has 0 unspecified atom stereocenters. The van der Waals surface area contributed by atoms with Gasteiger partial charge in [-0.2, -0.15) is 0 Å². The fraction of sp³-hybridized carbons (Fsp3) is 0.538. The lowest BCUT2D eigenvalue weighted by molar-refractivity contribution is 0.174. The Morgan fingerprint density at radius 2 is 2.39 bits per heavy atom. The third-order valence-electron chi connectivity index (χ3n) is 3.00. The highest BCUT2D eigenvalue weighted by Gasteiger charge is 2.31. The SMILES string of the molecule is O=C(NCCc1cccnc1)N(CCO)C1CC1. The largest absolute Gasteiger partial charge is 0.395 e. The molecule has 1 aromatic rings. The average Bonchev–Trinajstić information content (AvgIpc) is 3.21. The number of aliphatic hydroxyl groups is 1. The zero-order chi connectivity index (χ0) is 12.8. The van der Waals surface area contributed by atoms with Crippen LogP contribution in [-0.2, 0) is 6.42 Å². The van der Waals surface area contributed by atoms with Crippen molar-refractivity contribution in [1.29, 1.82) is 0 Å². The van der Waals surface area contributed by atoms with E-state index in [1.165, 1.54) is 0 Å². The van der Waals surface area contributed by atoms with E-state index < -0.39 is 0 Å². The highest BCUT2D eigenvalue weighted by molar-refractivity contribution is 5.74. The maximum absolute atomic E-state index is 11.9. The summed E-state index contributed by atoms with van der Waals surface area (Å²) in [5.74, 6) is 0. The smallest absolute Gasteiger partial charge is 0.317 e. The van der Waals surface area contributed by atoms with Gasteiger partial charge in [0.2, 0.25) is 0 Å². The van der Waals surface area contributed by atoms with Gasteiger partial charge >= 0.3 is 6.03 Å². The molecule has 1 aliphatic rings. The van der Waals surface area contributed by atoms with Gasteiger partial charge in [-0.1, -0.05) is 6.07 Å². The number of nitrogens with one attached hydrogen (secondary N) is 1. The van der Waals surface area contributed by atoms with Gasteiger partial charge in [-0.3, -0.25) is 4.98 Å². The van der Waals surface area contributed by atoms with Crippen molar-refractivity contribution in [2.75, 3.05) is 19.7 Å². The lowest BCUT2D eigenvalue weighted by Crippen LogP contribution is -2.43. The van der Waals surface area contributed by atoms with Crippen molar-refractivity contribution in [1.82, 2.24) is 15.2 Å². The molecule has 2 N–H and O–H groups in total. The van der Waals surface area contributed by atoms with Crippen molar-refractivity contribution >= 4 is 6.03 Å². The van der Waals surface area contributed by atoms with E-state index in [1.54, 1.807) is 17.3 Å². The third-order valence-corrected chi connectivity index (χ3v) is 3.00. The molecule has 2 rings (SSSR count). The van der Waals surface area contributed by atoms with Gasteiger partial charge in [0.1, 0.15) is 0 Å². The molecule has 1 fully saturated rings. The van der Waals surface area contributed by atoms with E-state index in [0.29, 0.717) is 19.1 Å². The molecule has 1 heterocycles. The Kier molecular flexibility index (Phi) is 4.52. The van der Waals surface area contributed by atoms with Crippen LogP contribution < -0.4 is 5.32 Å². The van der Waals surface area contributed by atoms with Gasteiger partial charge in [0.05, 0.1) is 6.61 Å². The van der Waals surface area contributed by atoms with Crippen molar-refractivity contribution in [3.8, 4) is 0 Å². The number of pyridine rings is 1. The van der Waals surface area contributed by atoms with Crippen LogP contribution in [0.5, 0.6) is 0 Å². The van der Waals surface area contributed by atoms with E-state index in [4.69, 9.17) is 5.11 Å². The molecule has 5 nitrogen and oxygen atoms in total. The number of hydrogen-bond acceptors (Lipinski definition) is 3. The molecule has 0 aliphatic heterocycles. The van der Waals surface area contributed by atoms with Gasteiger partial charge in [-0.25, -0.2) is 4.79 Å². The first-order valence-corrected chi connectivity index (χ1v) is 6.35. The van der Waals surface area contributed by atoms with Crippen molar-refractivity contribution in [3.63, 3.8) is 0 Å². The molecule has 0 saturated heterocycles. The summed E-state index contributed by atoms with van der Waals surface area (Å²) in [7, 11) is 0. The van der Waals surface area contributed by atoms with Gasteiger partial charge < -0.3 is 15.3 Å². The van der Waals surface area contributed by atoms with E-state index in [9.17, 15) is 4.79 Å². The number of aliphatic hydroxyl groups excluding tert-OH is 1. The monoisotopic (exact) mass is 249 g/mol. The van der Waals surface area contributed by atoms with Crippen LogP contribution in [0.25, 0.3) is 0 Å². The molecule has 5 heteroatoms. The summed E-state index contributed by atoms with van der Waals surface area (Å²) in [5.41, 5.74) is 1.11. The fourth-order valence-corrected chi connectivity index (χ4v) is 1.91. The summed E-state index contributed by atoms with van der Waals surface area (Å²) >= 11 is 0. The molecule has 0 radical (unpaired) electrons. The Morgan fingerprint density at radius 1 is 1.56 bits per heavy atom. The van der Waals surface area contributed by atoms with E-state index in [-0.39, 0.29) is 12.6 Å². The van der Waals surface area contributed by atoms with Crippen LogP contribution in [0, 0.1) is 0 Å². The number of nitrogens with zero attached hydrogens (tertiary/aromatic N) is 2. The van der Waals surface area contributed by atoms with Crippen molar-refractivity contribution in [3.05, 3.63) is 30.1 Å². The second-order valence-corrected chi connectivity index (χ2v) is 4.49. The summed E-state index contributed by atoms with van der Waals surface area (Å²) in [6.07, 6.45) is 6.42. The van der Waals surface area contributed by atoms with E-state index >= 15 is 0 Å². The van der Waals surface area contributed by atoms with Gasteiger partial charge in [0.15, 0.2) is 0 Å². The Balaban J connectivity index is 1.73. The molecule has 98 valence electrons. The molecule has 1 aromatic heterocycles. The van der Waals surface area contributed by atoms with Crippen molar-refractivity contribution in [2.45, 2.75) is 25.3 Å². The first kappa shape index (κ1) is 12.8.